The Bertz CT molecular complexity index is 1580. The maximum absolute atomic E-state index is 14.5. The van der Waals surface area contributed by atoms with Crippen LogP contribution < -0.4 is 5.73 Å². The highest BCUT2D eigenvalue weighted by Gasteiger charge is 2.51. The van der Waals surface area contributed by atoms with Crippen molar-refractivity contribution < 1.29 is 14.3 Å². The third kappa shape index (κ3) is 3.77. The summed E-state index contributed by atoms with van der Waals surface area (Å²) in [4.78, 5) is 21.6. The third-order valence-corrected chi connectivity index (χ3v) is 8.34. The van der Waals surface area contributed by atoms with Crippen molar-refractivity contribution in [3.05, 3.63) is 102 Å². The molecule has 6 nitrogen and oxygen atoms in total. The lowest BCUT2D eigenvalue weighted by Gasteiger charge is -2.47. The number of rotatable bonds is 4. The number of aliphatic hydroxyl groups is 1. The molecule has 1 amide bonds. The molecule has 0 saturated carbocycles. The lowest BCUT2D eigenvalue weighted by molar-refractivity contribution is -0.116. The number of fused-ring (bicyclic) bond motifs is 3. The second-order valence-electron chi connectivity index (χ2n) is 10.6. The van der Waals surface area contributed by atoms with Gasteiger partial charge < -0.3 is 10.8 Å². The molecule has 2 aromatic heterocycles. The molecule has 2 aliphatic carbocycles. The van der Waals surface area contributed by atoms with E-state index in [9.17, 15) is 14.3 Å². The number of amides is 1. The number of allylic oxidation sites excluding steroid dienone is 1. The Kier molecular flexibility index (Phi) is 5.76. The van der Waals surface area contributed by atoms with Crippen LogP contribution in [0.1, 0.15) is 31.7 Å². The van der Waals surface area contributed by atoms with E-state index in [4.69, 9.17) is 10.7 Å². The molecule has 0 fully saturated rings. The number of carbonyl (C=O) groups excluding carboxylic acids is 1. The highest BCUT2D eigenvalue weighted by molar-refractivity contribution is 5.93. The second kappa shape index (κ2) is 9.03. The Hall–Kier alpha value is -4.10. The van der Waals surface area contributed by atoms with Crippen LogP contribution in [0.25, 0.3) is 28.2 Å². The van der Waals surface area contributed by atoms with Gasteiger partial charge in [-0.05, 0) is 72.2 Å². The Balaban J connectivity index is 1.60. The maximum atomic E-state index is 14.5. The lowest BCUT2D eigenvalue weighted by atomic mass is 9.58. The van der Waals surface area contributed by atoms with E-state index < -0.39 is 17.4 Å². The topological polar surface area (TPSA) is 94.0 Å². The molecule has 0 spiro atoms. The average molecular weight is 509 g/mol. The van der Waals surface area contributed by atoms with Crippen LogP contribution in [0.5, 0.6) is 0 Å². The van der Waals surface area contributed by atoms with E-state index in [-0.39, 0.29) is 23.2 Å². The van der Waals surface area contributed by atoms with Crippen LogP contribution in [0.2, 0.25) is 0 Å². The standard InChI is InChI=1S/C31H29FN4O2/c1-18-25-9-10-26-28(31(25,2)17-24(27(18)37)29(33)38)35-30(36(26)23-8-4-7-22(32)16-23)21-6-3-5-20(15-21)19-11-13-34-14-12-19/h3-8,11-18,25,27,37H,9-10H2,1-2H3,(H2,33,38)/t18-,25-,27?,31-/m1/s1. The zero-order chi connectivity index (χ0) is 26.6. The van der Waals surface area contributed by atoms with Gasteiger partial charge in [-0.15, -0.1) is 0 Å². The second-order valence-corrected chi connectivity index (χ2v) is 10.6. The summed E-state index contributed by atoms with van der Waals surface area (Å²) in [6.45, 7) is 4.04. The van der Waals surface area contributed by atoms with Gasteiger partial charge in [0, 0.05) is 34.6 Å². The highest BCUT2D eigenvalue weighted by Crippen LogP contribution is 2.51. The van der Waals surface area contributed by atoms with Crippen molar-refractivity contribution in [1.29, 1.82) is 0 Å². The van der Waals surface area contributed by atoms with Crippen LogP contribution in [-0.4, -0.2) is 31.7 Å². The van der Waals surface area contributed by atoms with E-state index in [1.54, 1.807) is 18.5 Å². The van der Waals surface area contributed by atoms with Gasteiger partial charge in [0.05, 0.1) is 17.5 Å². The average Bonchev–Trinajstić information content (AvgIpc) is 3.32. The van der Waals surface area contributed by atoms with E-state index in [1.807, 2.05) is 54.0 Å². The fourth-order valence-electron chi connectivity index (χ4n) is 6.47. The van der Waals surface area contributed by atoms with Crippen LogP contribution in [0.15, 0.2) is 84.7 Å². The minimum atomic E-state index is -0.908. The van der Waals surface area contributed by atoms with Crippen LogP contribution >= 0.6 is 0 Å². The largest absolute Gasteiger partial charge is 0.388 e. The lowest BCUT2D eigenvalue weighted by Crippen LogP contribution is -2.49. The third-order valence-electron chi connectivity index (χ3n) is 8.34. The first-order chi connectivity index (χ1) is 18.3. The Morgan fingerprint density at radius 1 is 1.08 bits per heavy atom. The monoisotopic (exact) mass is 508 g/mol. The van der Waals surface area contributed by atoms with Gasteiger partial charge in [-0.1, -0.05) is 44.2 Å². The molecule has 3 N–H and O–H groups in total. The molecule has 2 aliphatic rings. The first kappa shape index (κ1) is 24.2. The highest BCUT2D eigenvalue weighted by atomic mass is 19.1. The first-order valence-corrected chi connectivity index (χ1v) is 12.9. The predicted molar refractivity (Wildman–Crippen MR) is 144 cm³/mol. The number of imidazole rings is 1. The fourth-order valence-corrected chi connectivity index (χ4v) is 6.47. The number of aliphatic hydroxyl groups excluding tert-OH is 1. The van der Waals surface area contributed by atoms with Crippen molar-refractivity contribution in [3.63, 3.8) is 0 Å². The minimum Gasteiger partial charge on any atom is -0.388 e. The molecule has 4 aromatic rings. The summed E-state index contributed by atoms with van der Waals surface area (Å²) < 4.78 is 16.5. The van der Waals surface area contributed by atoms with Crippen molar-refractivity contribution in [3.8, 4) is 28.2 Å². The molecule has 7 heteroatoms. The van der Waals surface area contributed by atoms with Gasteiger partial charge in [-0.3, -0.25) is 14.3 Å². The van der Waals surface area contributed by atoms with E-state index in [0.717, 1.165) is 34.5 Å². The molecule has 0 radical (unpaired) electrons. The zero-order valence-corrected chi connectivity index (χ0v) is 21.3. The number of nitrogens with zero attached hydrogens (tertiary/aromatic N) is 3. The van der Waals surface area contributed by atoms with E-state index >= 15 is 0 Å². The normalized spacial score (nSPS) is 24.3. The van der Waals surface area contributed by atoms with Crippen LogP contribution in [-0.2, 0) is 16.6 Å². The summed E-state index contributed by atoms with van der Waals surface area (Å²) in [5.74, 6) is -0.345. The summed E-state index contributed by atoms with van der Waals surface area (Å²) >= 11 is 0. The van der Waals surface area contributed by atoms with Gasteiger partial charge in [-0.25, -0.2) is 9.37 Å². The minimum absolute atomic E-state index is 0.0694. The Morgan fingerprint density at radius 3 is 2.55 bits per heavy atom. The molecular formula is C31H29FN4O2. The number of hydrogen-bond acceptors (Lipinski definition) is 4. The van der Waals surface area contributed by atoms with Crippen molar-refractivity contribution in [2.75, 3.05) is 0 Å². The molecule has 0 aliphatic heterocycles. The van der Waals surface area contributed by atoms with E-state index in [0.29, 0.717) is 17.9 Å². The molecule has 6 rings (SSSR count). The van der Waals surface area contributed by atoms with Gasteiger partial charge in [0.1, 0.15) is 11.6 Å². The van der Waals surface area contributed by atoms with Crippen molar-refractivity contribution >= 4 is 5.91 Å². The summed E-state index contributed by atoms with van der Waals surface area (Å²) in [5, 5.41) is 10.9. The summed E-state index contributed by atoms with van der Waals surface area (Å²) in [5.41, 5.74) is 10.7. The van der Waals surface area contributed by atoms with Gasteiger partial charge >= 0.3 is 0 Å². The molecule has 192 valence electrons. The van der Waals surface area contributed by atoms with Crippen LogP contribution in [0.4, 0.5) is 4.39 Å². The Morgan fingerprint density at radius 2 is 1.82 bits per heavy atom. The van der Waals surface area contributed by atoms with Crippen molar-refractivity contribution in [1.82, 2.24) is 14.5 Å². The molecule has 2 aromatic carbocycles. The fraction of sp³-hybridized carbons (Fsp3) is 0.258. The smallest absolute Gasteiger partial charge is 0.246 e. The molecule has 4 atom stereocenters. The van der Waals surface area contributed by atoms with E-state index in [2.05, 4.69) is 18.0 Å². The van der Waals surface area contributed by atoms with Gasteiger partial charge in [0.2, 0.25) is 5.91 Å². The molecule has 0 bridgehead atoms. The molecule has 2 heterocycles. The van der Waals surface area contributed by atoms with Crippen molar-refractivity contribution in [2.24, 2.45) is 17.6 Å². The number of benzene rings is 2. The quantitative estimate of drug-likeness (QED) is 0.406. The molecule has 1 unspecified atom stereocenters. The first-order valence-electron chi connectivity index (χ1n) is 12.9. The van der Waals surface area contributed by atoms with Gasteiger partial charge in [0.25, 0.3) is 0 Å². The zero-order valence-electron chi connectivity index (χ0n) is 21.3. The number of aromatic nitrogens is 3. The van der Waals surface area contributed by atoms with Crippen LogP contribution in [0, 0.1) is 17.7 Å². The summed E-state index contributed by atoms with van der Waals surface area (Å²) in [6.07, 6.45) is 5.94. The molecule has 38 heavy (non-hydrogen) atoms. The summed E-state index contributed by atoms with van der Waals surface area (Å²) in [7, 11) is 0. The SMILES string of the molecule is C[C@H]1C(O)C(C(N)=O)=C[C@@]2(C)c3nc(-c4cccc(-c5ccncc5)c4)n(-c4cccc(F)c4)c3CC[C@H]12. The number of halogens is 1. The number of carbonyl (C=O) groups is 1. The van der Waals surface area contributed by atoms with Gasteiger partial charge in [0.15, 0.2) is 0 Å². The number of nitrogens with two attached hydrogens (primary N) is 1. The number of hydrogen-bond donors (Lipinski definition) is 2. The number of pyridine rings is 1. The number of primary amides is 1. The summed E-state index contributed by atoms with van der Waals surface area (Å²) in [6, 6.07) is 18.6. The molecule has 0 saturated heterocycles. The van der Waals surface area contributed by atoms with Crippen LogP contribution in [0.3, 0.4) is 0 Å². The van der Waals surface area contributed by atoms with Crippen molar-refractivity contribution in [2.45, 2.75) is 38.2 Å². The molecular weight excluding hydrogens is 479 g/mol. The maximum Gasteiger partial charge on any atom is 0.246 e. The Labute approximate surface area is 220 Å². The predicted octanol–water partition coefficient (Wildman–Crippen LogP) is 4.98. The van der Waals surface area contributed by atoms with E-state index in [1.165, 1.54) is 12.1 Å². The van der Waals surface area contributed by atoms with Gasteiger partial charge in [-0.2, -0.15) is 0 Å².